The summed E-state index contributed by atoms with van der Waals surface area (Å²) < 4.78 is 29.6. The highest BCUT2D eigenvalue weighted by Gasteiger charge is 2.22. The van der Waals surface area contributed by atoms with Crippen LogP contribution in [-0.2, 0) is 14.3 Å². The van der Waals surface area contributed by atoms with Gasteiger partial charge >= 0.3 is 0 Å². The van der Waals surface area contributed by atoms with Crippen molar-refractivity contribution in [3.63, 3.8) is 0 Å². The Morgan fingerprint density at radius 3 is 2.37 bits per heavy atom. The maximum atomic E-state index is 12.4. The fraction of sp³-hybridized carbons (Fsp3) is 0.158. The first-order chi connectivity index (χ1) is 12.8. The molecule has 3 rings (SSSR count). The second-order valence-electron chi connectivity index (χ2n) is 5.84. The molecule has 140 valence electrons. The zero-order valence-electron chi connectivity index (χ0n) is 14.7. The first-order valence-corrected chi connectivity index (χ1v) is 9.60. The maximum Gasteiger partial charge on any atom is 0.297 e. The minimum Gasteiger partial charge on any atom is -0.506 e. The van der Waals surface area contributed by atoms with Gasteiger partial charge in [0.25, 0.3) is 10.1 Å². The molecule has 2 N–H and O–H groups in total. The summed E-state index contributed by atoms with van der Waals surface area (Å²) in [6.45, 7) is 3.39. The summed E-state index contributed by atoms with van der Waals surface area (Å²) >= 11 is 0. The summed E-state index contributed by atoms with van der Waals surface area (Å²) in [5.74, 6) is -0.411. The highest BCUT2D eigenvalue weighted by Crippen LogP contribution is 2.41. The number of aryl methyl sites for hydroxylation is 1. The molecule has 3 aromatic rings. The van der Waals surface area contributed by atoms with E-state index in [1.807, 2.05) is 6.92 Å². The van der Waals surface area contributed by atoms with Crippen molar-refractivity contribution in [2.75, 3.05) is 6.61 Å². The average molecular weight is 386 g/mol. The Bertz CT molecular complexity index is 1140. The van der Waals surface area contributed by atoms with Gasteiger partial charge in [0, 0.05) is 16.8 Å². The summed E-state index contributed by atoms with van der Waals surface area (Å²) in [4.78, 5) is -0.144. The fourth-order valence-electron chi connectivity index (χ4n) is 2.66. The van der Waals surface area contributed by atoms with Gasteiger partial charge in [-0.15, -0.1) is 10.2 Å². The summed E-state index contributed by atoms with van der Waals surface area (Å²) in [6, 6.07) is 12.6. The van der Waals surface area contributed by atoms with Crippen LogP contribution in [-0.4, -0.2) is 25.2 Å². The molecule has 0 spiro atoms. The molecule has 0 fully saturated rings. The lowest BCUT2D eigenvalue weighted by molar-refractivity contribution is 0.338. The van der Waals surface area contributed by atoms with Gasteiger partial charge in [0.2, 0.25) is 0 Å². The van der Waals surface area contributed by atoms with Crippen molar-refractivity contribution in [1.29, 1.82) is 0 Å². The first-order valence-electron chi connectivity index (χ1n) is 8.19. The molecule has 0 unspecified atom stereocenters. The highest BCUT2D eigenvalue weighted by molar-refractivity contribution is 7.87. The number of phenols is 2. The Balaban J connectivity index is 2.20. The predicted molar refractivity (Wildman–Crippen MR) is 101 cm³/mol. The van der Waals surface area contributed by atoms with Crippen molar-refractivity contribution in [3.8, 4) is 11.5 Å². The smallest absolute Gasteiger partial charge is 0.297 e. The van der Waals surface area contributed by atoms with Gasteiger partial charge < -0.3 is 10.2 Å². The molecule has 7 nitrogen and oxygen atoms in total. The van der Waals surface area contributed by atoms with Gasteiger partial charge in [-0.25, -0.2) is 0 Å². The van der Waals surface area contributed by atoms with Crippen LogP contribution in [0.1, 0.15) is 12.5 Å². The molecule has 0 atom stereocenters. The van der Waals surface area contributed by atoms with Crippen LogP contribution in [0.3, 0.4) is 0 Å². The topological polar surface area (TPSA) is 109 Å². The van der Waals surface area contributed by atoms with Crippen LogP contribution in [0.2, 0.25) is 0 Å². The average Bonchev–Trinajstić information content (AvgIpc) is 2.63. The summed E-state index contributed by atoms with van der Waals surface area (Å²) in [5, 5.41) is 29.1. The van der Waals surface area contributed by atoms with E-state index in [4.69, 9.17) is 4.18 Å². The third-order valence-electron chi connectivity index (χ3n) is 3.89. The normalized spacial score (nSPS) is 12.1. The minimum atomic E-state index is -4.03. The maximum absolute atomic E-state index is 12.4. The Kier molecular flexibility index (Phi) is 5.11. The molecular formula is C19H18N2O5S. The van der Waals surface area contributed by atoms with Gasteiger partial charge in [-0.3, -0.25) is 4.18 Å². The molecule has 0 heterocycles. The Hall–Kier alpha value is -2.97. The molecule has 0 aliphatic carbocycles. The third-order valence-corrected chi connectivity index (χ3v) is 5.31. The van der Waals surface area contributed by atoms with E-state index in [-0.39, 0.29) is 34.4 Å². The van der Waals surface area contributed by atoms with Crippen LogP contribution >= 0.6 is 0 Å². The van der Waals surface area contributed by atoms with E-state index in [0.29, 0.717) is 10.8 Å². The second-order valence-corrected chi connectivity index (χ2v) is 7.42. The molecule has 27 heavy (non-hydrogen) atoms. The number of aromatic hydroxyl groups is 2. The highest BCUT2D eigenvalue weighted by atomic mass is 32.2. The van der Waals surface area contributed by atoms with Gasteiger partial charge in [0.15, 0.2) is 0 Å². The van der Waals surface area contributed by atoms with Gasteiger partial charge in [-0.1, -0.05) is 30.3 Å². The lowest BCUT2D eigenvalue weighted by atomic mass is 10.1. The third kappa shape index (κ3) is 3.76. The van der Waals surface area contributed by atoms with Crippen molar-refractivity contribution >= 4 is 32.3 Å². The number of hydrogen-bond donors (Lipinski definition) is 2. The predicted octanol–water partition coefficient (Wildman–Crippen LogP) is 4.70. The molecule has 0 amide bonds. The van der Waals surface area contributed by atoms with Gasteiger partial charge in [0.1, 0.15) is 27.8 Å². The number of hydrogen-bond acceptors (Lipinski definition) is 7. The first kappa shape index (κ1) is 18.8. The second kappa shape index (κ2) is 7.34. The van der Waals surface area contributed by atoms with E-state index >= 15 is 0 Å². The molecule has 0 aliphatic heterocycles. The van der Waals surface area contributed by atoms with Crippen LogP contribution in [0.5, 0.6) is 11.5 Å². The minimum absolute atomic E-state index is 0.0223. The summed E-state index contributed by atoms with van der Waals surface area (Å²) in [5.41, 5.74) is 1.22. The van der Waals surface area contributed by atoms with Crippen molar-refractivity contribution in [2.45, 2.75) is 18.7 Å². The molecule has 3 aromatic carbocycles. The van der Waals surface area contributed by atoms with Gasteiger partial charge in [0.05, 0.1) is 6.61 Å². The molecule has 0 radical (unpaired) electrons. The number of rotatable bonds is 5. The molecule has 0 saturated carbocycles. The van der Waals surface area contributed by atoms with E-state index < -0.39 is 10.1 Å². The van der Waals surface area contributed by atoms with Crippen LogP contribution in [0.25, 0.3) is 10.8 Å². The van der Waals surface area contributed by atoms with Gasteiger partial charge in [-0.2, -0.15) is 8.42 Å². The van der Waals surface area contributed by atoms with Crippen LogP contribution in [0, 0.1) is 6.92 Å². The number of benzene rings is 3. The SMILES string of the molecule is CCOS(=O)(=O)c1cc(O)c(N=Nc2cc(C)ccc2O)c2ccccc12. The van der Waals surface area contributed by atoms with Crippen molar-refractivity contribution in [2.24, 2.45) is 10.2 Å². The van der Waals surface area contributed by atoms with E-state index in [1.165, 1.54) is 6.07 Å². The van der Waals surface area contributed by atoms with Crippen molar-refractivity contribution in [3.05, 3.63) is 54.1 Å². The lowest BCUT2D eigenvalue weighted by Crippen LogP contribution is -2.06. The number of phenolic OH excluding ortho intramolecular Hbond substituents is 2. The van der Waals surface area contributed by atoms with Gasteiger partial charge in [-0.05, 0) is 31.5 Å². The van der Waals surface area contributed by atoms with E-state index in [0.717, 1.165) is 11.6 Å². The zero-order valence-corrected chi connectivity index (χ0v) is 15.6. The van der Waals surface area contributed by atoms with E-state index in [2.05, 4.69) is 10.2 Å². The summed E-state index contributed by atoms with van der Waals surface area (Å²) in [7, 11) is -4.03. The molecule has 8 heteroatoms. The van der Waals surface area contributed by atoms with Crippen molar-refractivity contribution in [1.82, 2.24) is 0 Å². The fourth-order valence-corrected chi connectivity index (χ4v) is 3.80. The van der Waals surface area contributed by atoms with Crippen molar-refractivity contribution < 1.29 is 22.8 Å². The Morgan fingerprint density at radius 2 is 1.67 bits per heavy atom. The quantitative estimate of drug-likeness (QED) is 0.488. The molecule has 0 aliphatic rings. The molecule has 0 saturated heterocycles. The zero-order chi connectivity index (χ0) is 19.6. The molecular weight excluding hydrogens is 368 g/mol. The number of fused-ring (bicyclic) bond motifs is 1. The number of azo groups is 1. The van der Waals surface area contributed by atoms with Crippen LogP contribution in [0.15, 0.2) is 63.7 Å². The standard InChI is InChI=1S/C19H18N2O5S/c1-3-26-27(24,25)18-11-17(23)19(14-7-5-4-6-13(14)18)21-20-15-10-12(2)8-9-16(15)22/h4-11,22-23H,3H2,1-2H3. The van der Waals surface area contributed by atoms with E-state index in [9.17, 15) is 18.6 Å². The summed E-state index contributed by atoms with van der Waals surface area (Å²) in [6.07, 6.45) is 0. The van der Waals surface area contributed by atoms with E-state index in [1.54, 1.807) is 43.3 Å². The Labute approximate surface area is 156 Å². The molecule has 0 aromatic heterocycles. The lowest BCUT2D eigenvalue weighted by Gasteiger charge is -2.11. The Morgan fingerprint density at radius 1 is 0.963 bits per heavy atom. The molecule has 0 bridgehead atoms. The monoisotopic (exact) mass is 386 g/mol. The van der Waals surface area contributed by atoms with Crippen LogP contribution in [0.4, 0.5) is 11.4 Å². The largest absolute Gasteiger partial charge is 0.506 e. The van der Waals surface area contributed by atoms with Crippen LogP contribution < -0.4 is 0 Å². The number of nitrogens with zero attached hydrogens (tertiary/aromatic N) is 2.